The molecule has 134 valence electrons. The number of carbonyl (C=O) groups excluding carboxylic acids is 1. The molecule has 0 radical (unpaired) electrons. The Kier molecular flexibility index (Phi) is 3.74. The predicted molar refractivity (Wildman–Crippen MR) is 95.1 cm³/mol. The van der Waals surface area contributed by atoms with Crippen LogP contribution in [-0.2, 0) is 9.53 Å². The fraction of sp³-hybridized carbons (Fsp3) is 0.421. The van der Waals surface area contributed by atoms with E-state index in [-0.39, 0.29) is 24.7 Å². The zero-order valence-corrected chi connectivity index (χ0v) is 14.3. The molecule has 3 aliphatic rings. The van der Waals surface area contributed by atoms with E-state index >= 15 is 0 Å². The van der Waals surface area contributed by atoms with Gasteiger partial charge in [0.2, 0.25) is 5.95 Å². The molecule has 1 aromatic carbocycles. The number of anilines is 2. The number of carbonyl (C=O) groups is 1. The summed E-state index contributed by atoms with van der Waals surface area (Å²) in [5.41, 5.74) is 1.17. The summed E-state index contributed by atoms with van der Waals surface area (Å²) in [4.78, 5) is 22.9. The second-order valence-corrected chi connectivity index (χ2v) is 7.01. The maximum absolute atomic E-state index is 11.6. The van der Waals surface area contributed by atoms with Crippen LogP contribution < -0.4 is 15.0 Å². The molecule has 7 nitrogen and oxygen atoms in total. The Balaban J connectivity index is 1.49. The Hall–Kier alpha value is -2.67. The molecule has 0 spiro atoms. The van der Waals surface area contributed by atoms with Gasteiger partial charge in [0.25, 0.3) is 5.91 Å². The Morgan fingerprint density at radius 2 is 2.04 bits per heavy atom. The maximum atomic E-state index is 11.6. The van der Waals surface area contributed by atoms with Gasteiger partial charge in [-0.25, -0.2) is 4.98 Å². The Morgan fingerprint density at radius 1 is 1.19 bits per heavy atom. The number of aromatic nitrogens is 2. The van der Waals surface area contributed by atoms with Crippen LogP contribution in [-0.4, -0.2) is 41.7 Å². The minimum Gasteiger partial charge on any atom is -0.478 e. The zero-order chi connectivity index (χ0) is 17.5. The smallest absolute Gasteiger partial charge is 0.263 e. The van der Waals surface area contributed by atoms with Gasteiger partial charge >= 0.3 is 0 Å². The third-order valence-corrected chi connectivity index (χ3v) is 5.17. The van der Waals surface area contributed by atoms with Gasteiger partial charge in [-0.05, 0) is 24.3 Å². The quantitative estimate of drug-likeness (QED) is 0.912. The van der Waals surface area contributed by atoms with Gasteiger partial charge in [-0.3, -0.25) is 4.79 Å². The SMILES string of the molecule is O=C1COc2cnc(N3CC(C4CC4)OCC3c3ccccc3)nc2N1. The van der Waals surface area contributed by atoms with Crippen molar-refractivity contribution in [2.45, 2.75) is 25.0 Å². The van der Waals surface area contributed by atoms with Crippen molar-refractivity contribution in [2.75, 3.05) is 30.0 Å². The molecule has 2 unspecified atom stereocenters. The van der Waals surface area contributed by atoms with E-state index in [4.69, 9.17) is 9.47 Å². The van der Waals surface area contributed by atoms with E-state index < -0.39 is 0 Å². The first-order valence-corrected chi connectivity index (χ1v) is 9.01. The van der Waals surface area contributed by atoms with Crippen LogP contribution in [0.1, 0.15) is 24.4 Å². The topological polar surface area (TPSA) is 76.6 Å². The van der Waals surface area contributed by atoms with Gasteiger partial charge in [-0.15, -0.1) is 0 Å². The van der Waals surface area contributed by atoms with Crippen LogP contribution in [0, 0.1) is 5.92 Å². The second kappa shape index (κ2) is 6.25. The van der Waals surface area contributed by atoms with E-state index in [1.54, 1.807) is 6.20 Å². The summed E-state index contributed by atoms with van der Waals surface area (Å²) in [5.74, 6) is 1.98. The highest BCUT2D eigenvalue weighted by molar-refractivity contribution is 5.94. The summed E-state index contributed by atoms with van der Waals surface area (Å²) in [6.07, 6.45) is 4.30. The average Bonchev–Trinajstić information content (AvgIpc) is 3.53. The lowest BCUT2D eigenvalue weighted by Crippen LogP contribution is -2.46. The zero-order valence-electron chi connectivity index (χ0n) is 14.3. The highest BCUT2D eigenvalue weighted by Crippen LogP contribution is 2.40. The predicted octanol–water partition coefficient (Wildman–Crippen LogP) is 2.16. The van der Waals surface area contributed by atoms with Crippen LogP contribution in [0.3, 0.4) is 0 Å². The molecular weight excluding hydrogens is 332 g/mol. The van der Waals surface area contributed by atoms with E-state index in [2.05, 4.69) is 32.3 Å². The number of hydrogen-bond acceptors (Lipinski definition) is 6. The number of morpholine rings is 1. The van der Waals surface area contributed by atoms with E-state index in [1.165, 1.54) is 18.4 Å². The van der Waals surface area contributed by atoms with Gasteiger partial charge in [0.1, 0.15) is 0 Å². The highest BCUT2D eigenvalue weighted by Gasteiger charge is 2.40. The fourth-order valence-electron chi connectivity index (χ4n) is 3.61. The molecule has 26 heavy (non-hydrogen) atoms. The third-order valence-electron chi connectivity index (χ3n) is 5.17. The van der Waals surface area contributed by atoms with Crippen molar-refractivity contribution < 1.29 is 14.3 Å². The Morgan fingerprint density at radius 3 is 2.85 bits per heavy atom. The minimum atomic E-state index is -0.195. The van der Waals surface area contributed by atoms with Crippen molar-refractivity contribution in [3.8, 4) is 5.75 Å². The summed E-state index contributed by atoms with van der Waals surface area (Å²) >= 11 is 0. The van der Waals surface area contributed by atoms with Gasteiger partial charge in [0.05, 0.1) is 24.9 Å². The number of nitrogens with one attached hydrogen (secondary N) is 1. The number of rotatable bonds is 3. The summed E-state index contributed by atoms with van der Waals surface area (Å²) < 4.78 is 11.5. The number of nitrogens with zero attached hydrogens (tertiary/aromatic N) is 3. The molecule has 3 heterocycles. The van der Waals surface area contributed by atoms with Crippen molar-refractivity contribution in [1.29, 1.82) is 0 Å². The van der Waals surface area contributed by atoms with Gasteiger partial charge in [0, 0.05) is 6.54 Å². The molecule has 2 atom stereocenters. The minimum absolute atomic E-state index is 0.00363. The highest BCUT2D eigenvalue weighted by atomic mass is 16.5. The fourth-order valence-corrected chi connectivity index (χ4v) is 3.61. The number of amides is 1. The van der Waals surface area contributed by atoms with Crippen LogP contribution >= 0.6 is 0 Å². The number of hydrogen-bond donors (Lipinski definition) is 1. The van der Waals surface area contributed by atoms with E-state index in [0.717, 1.165) is 6.54 Å². The van der Waals surface area contributed by atoms with E-state index in [0.29, 0.717) is 30.0 Å². The first-order chi connectivity index (χ1) is 12.8. The summed E-state index contributed by atoms with van der Waals surface area (Å²) in [6, 6.07) is 10.3. The molecule has 0 bridgehead atoms. The van der Waals surface area contributed by atoms with Gasteiger partial charge in [0.15, 0.2) is 18.2 Å². The molecule has 2 aliphatic heterocycles. The van der Waals surface area contributed by atoms with Crippen LogP contribution in [0.25, 0.3) is 0 Å². The third kappa shape index (κ3) is 2.88. The summed E-state index contributed by atoms with van der Waals surface area (Å²) in [7, 11) is 0. The molecule has 2 fully saturated rings. The van der Waals surface area contributed by atoms with Crippen LogP contribution in [0.15, 0.2) is 36.5 Å². The molecule has 1 amide bonds. The summed E-state index contributed by atoms with van der Waals surface area (Å²) in [6.45, 7) is 1.36. The average molecular weight is 352 g/mol. The van der Waals surface area contributed by atoms with Crippen LogP contribution in [0.2, 0.25) is 0 Å². The van der Waals surface area contributed by atoms with Crippen molar-refractivity contribution in [3.63, 3.8) is 0 Å². The standard InChI is InChI=1S/C19H20N4O3/c24-17-11-26-15-8-20-19(22-18(15)21-17)23-9-16(13-6-7-13)25-10-14(23)12-4-2-1-3-5-12/h1-5,8,13-14,16H,6-7,9-11H2,(H,20,21,22,24). The van der Waals surface area contributed by atoms with Gasteiger partial charge < -0.3 is 19.7 Å². The lowest BCUT2D eigenvalue weighted by Gasteiger charge is -2.40. The maximum Gasteiger partial charge on any atom is 0.263 e. The summed E-state index contributed by atoms with van der Waals surface area (Å²) in [5, 5.41) is 2.77. The number of benzene rings is 1. The van der Waals surface area contributed by atoms with Crippen molar-refractivity contribution >= 4 is 17.7 Å². The molecule has 1 saturated carbocycles. The monoisotopic (exact) mass is 352 g/mol. The van der Waals surface area contributed by atoms with Crippen LogP contribution in [0.5, 0.6) is 5.75 Å². The lowest BCUT2D eigenvalue weighted by atomic mass is 10.0. The molecule has 1 saturated heterocycles. The Bertz CT molecular complexity index is 825. The first kappa shape index (κ1) is 15.6. The molecule has 7 heteroatoms. The van der Waals surface area contributed by atoms with Crippen molar-refractivity contribution in [3.05, 3.63) is 42.1 Å². The Labute approximate surface area is 151 Å². The van der Waals surface area contributed by atoms with Gasteiger partial charge in [-0.1, -0.05) is 30.3 Å². The van der Waals surface area contributed by atoms with Crippen LogP contribution in [0.4, 0.5) is 11.8 Å². The number of fused-ring (bicyclic) bond motifs is 1. The van der Waals surface area contributed by atoms with E-state index in [9.17, 15) is 4.79 Å². The second-order valence-electron chi connectivity index (χ2n) is 7.01. The largest absolute Gasteiger partial charge is 0.478 e. The van der Waals surface area contributed by atoms with Gasteiger partial charge in [-0.2, -0.15) is 4.98 Å². The first-order valence-electron chi connectivity index (χ1n) is 9.01. The molecule has 2 aromatic rings. The van der Waals surface area contributed by atoms with Crippen molar-refractivity contribution in [1.82, 2.24) is 9.97 Å². The normalized spacial score (nSPS) is 25.2. The lowest BCUT2D eigenvalue weighted by molar-refractivity contribution is -0.118. The molecule has 5 rings (SSSR count). The molecule has 1 aliphatic carbocycles. The number of ether oxygens (including phenoxy) is 2. The molecule has 1 N–H and O–H groups in total. The molecule has 1 aromatic heterocycles. The van der Waals surface area contributed by atoms with Crippen molar-refractivity contribution in [2.24, 2.45) is 5.92 Å². The molecular formula is C19H20N4O3. The van der Waals surface area contributed by atoms with E-state index in [1.807, 2.05) is 18.2 Å².